The molecule has 1 fully saturated rings. The van der Waals surface area contributed by atoms with Crippen LogP contribution in [0.5, 0.6) is 0 Å². The van der Waals surface area contributed by atoms with Crippen LogP contribution in [0.4, 0.5) is 4.79 Å². The molecule has 2 heterocycles. The van der Waals surface area contributed by atoms with Crippen molar-refractivity contribution >= 4 is 6.09 Å². The van der Waals surface area contributed by atoms with Crippen LogP contribution >= 0.6 is 0 Å². The highest BCUT2D eigenvalue weighted by Crippen LogP contribution is 2.38. The van der Waals surface area contributed by atoms with Crippen LogP contribution in [0.25, 0.3) is 0 Å². The Morgan fingerprint density at radius 2 is 2.17 bits per heavy atom. The smallest absolute Gasteiger partial charge is 0.407 e. The fourth-order valence-corrected chi connectivity index (χ4v) is 3.15. The first-order valence-corrected chi connectivity index (χ1v) is 6.25. The van der Waals surface area contributed by atoms with Gasteiger partial charge >= 0.3 is 6.09 Å². The Bertz CT molecular complexity index is 512. The summed E-state index contributed by atoms with van der Waals surface area (Å²) in [6.07, 6.45) is -0.825. The molecule has 18 heavy (non-hydrogen) atoms. The number of hydrogen-bond donors (Lipinski definition) is 1. The second-order valence-corrected chi connectivity index (χ2v) is 5.29. The molecule has 1 aromatic carbocycles. The predicted molar refractivity (Wildman–Crippen MR) is 66.8 cm³/mol. The molecule has 0 saturated carbocycles. The van der Waals surface area contributed by atoms with E-state index in [4.69, 9.17) is 9.84 Å². The topological polar surface area (TPSA) is 49.8 Å². The molecule has 0 aromatic heterocycles. The van der Waals surface area contributed by atoms with Gasteiger partial charge in [0.1, 0.15) is 0 Å². The van der Waals surface area contributed by atoms with Gasteiger partial charge in [-0.2, -0.15) is 0 Å². The molecular formula is C14H17NO3. The van der Waals surface area contributed by atoms with E-state index in [-0.39, 0.29) is 12.0 Å². The number of nitrogens with zero attached hydrogens (tertiary/aromatic N) is 1. The SMILES string of the molecule is Cc1cc(C)c2c(c1)C1CN(C(=O)O)CC1OC2. The number of likely N-dealkylation sites (tertiary alicyclic amines) is 1. The molecular weight excluding hydrogens is 230 g/mol. The average molecular weight is 247 g/mol. The van der Waals surface area contributed by atoms with E-state index in [1.807, 2.05) is 0 Å². The molecule has 4 heteroatoms. The predicted octanol–water partition coefficient (Wildman–Crippen LogP) is 2.28. The third-order valence-corrected chi connectivity index (χ3v) is 4.03. The Balaban J connectivity index is 2.00. The van der Waals surface area contributed by atoms with Gasteiger partial charge in [0.25, 0.3) is 0 Å². The Labute approximate surface area is 106 Å². The van der Waals surface area contributed by atoms with Gasteiger partial charge in [0.15, 0.2) is 0 Å². The summed E-state index contributed by atoms with van der Waals surface area (Å²) in [5, 5.41) is 9.09. The van der Waals surface area contributed by atoms with Crippen molar-refractivity contribution < 1.29 is 14.6 Å². The van der Waals surface area contributed by atoms with Gasteiger partial charge in [-0.1, -0.05) is 17.7 Å². The molecule has 0 bridgehead atoms. The molecule has 1 amide bonds. The van der Waals surface area contributed by atoms with E-state index in [1.165, 1.54) is 27.2 Å². The summed E-state index contributed by atoms with van der Waals surface area (Å²) in [6, 6.07) is 4.35. The van der Waals surface area contributed by atoms with E-state index < -0.39 is 6.09 Å². The number of benzene rings is 1. The van der Waals surface area contributed by atoms with Gasteiger partial charge in [-0.3, -0.25) is 0 Å². The van der Waals surface area contributed by atoms with E-state index >= 15 is 0 Å². The molecule has 96 valence electrons. The summed E-state index contributed by atoms with van der Waals surface area (Å²) >= 11 is 0. The molecule has 0 aliphatic carbocycles. The zero-order valence-corrected chi connectivity index (χ0v) is 10.6. The van der Waals surface area contributed by atoms with Gasteiger partial charge in [0, 0.05) is 12.5 Å². The summed E-state index contributed by atoms with van der Waals surface area (Å²) in [5.74, 6) is 0.198. The van der Waals surface area contributed by atoms with E-state index in [9.17, 15) is 4.79 Å². The summed E-state index contributed by atoms with van der Waals surface area (Å²) in [7, 11) is 0. The van der Waals surface area contributed by atoms with Crippen LogP contribution in [-0.4, -0.2) is 35.3 Å². The summed E-state index contributed by atoms with van der Waals surface area (Å²) < 4.78 is 5.82. The van der Waals surface area contributed by atoms with E-state index in [0.29, 0.717) is 19.7 Å². The Kier molecular flexibility index (Phi) is 2.55. The van der Waals surface area contributed by atoms with Gasteiger partial charge in [-0.05, 0) is 30.5 Å². The number of ether oxygens (including phenoxy) is 1. The highest BCUT2D eigenvalue weighted by Gasteiger charge is 2.40. The summed E-state index contributed by atoms with van der Waals surface area (Å²) in [4.78, 5) is 12.5. The van der Waals surface area contributed by atoms with Crippen LogP contribution in [-0.2, 0) is 11.3 Å². The molecule has 2 unspecified atom stereocenters. The number of carboxylic acid groups (broad SMARTS) is 1. The quantitative estimate of drug-likeness (QED) is 0.765. The van der Waals surface area contributed by atoms with E-state index in [2.05, 4.69) is 26.0 Å². The third-order valence-electron chi connectivity index (χ3n) is 4.03. The van der Waals surface area contributed by atoms with Crippen molar-refractivity contribution in [3.05, 3.63) is 34.4 Å². The number of aryl methyl sites for hydroxylation is 2. The molecule has 0 spiro atoms. The second kappa shape index (κ2) is 3.99. The number of rotatable bonds is 0. The Hall–Kier alpha value is -1.55. The summed E-state index contributed by atoms with van der Waals surface area (Å²) in [6.45, 7) is 5.83. The largest absolute Gasteiger partial charge is 0.465 e. The van der Waals surface area contributed by atoms with Crippen LogP contribution in [0.1, 0.15) is 28.2 Å². The van der Waals surface area contributed by atoms with Crippen LogP contribution < -0.4 is 0 Å². The standard InChI is InChI=1S/C14H17NO3/c1-8-3-9(2)12-7-18-13-6-15(14(16)17)5-11(13)10(12)4-8/h3-4,11,13H,5-7H2,1-2H3,(H,16,17). The van der Waals surface area contributed by atoms with Gasteiger partial charge in [0.2, 0.25) is 0 Å². The van der Waals surface area contributed by atoms with E-state index in [0.717, 1.165) is 0 Å². The van der Waals surface area contributed by atoms with Gasteiger partial charge in [0.05, 0.1) is 19.3 Å². The van der Waals surface area contributed by atoms with Crippen LogP contribution in [0.15, 0.2) is 12.1 Å². The number of fused-ring (bicyclic) bond motifs is 3. The molecule has 1 saturated heterocycles. The second-order valence-electron chi connectivity index (χ2n) is 5.29. The Morgan fingerprint density at radius 1 is 1.39 bits per heavy atom. The molecule has 1 N–H and O–H groups in total. The molecule has 3 rings (SSSR count). The summed E-state index contributed by atoms with van der Waals surface area (Å²) in [5.41, 5.74) is 5.01. The number of carbonyl (C=O) groups is 1. The molecule has 2 aliphatic heterocycles. The zero-order chi connectivity index (χ0) is 12.9. The minimum Gasteiger partial charge on any atom is -0.465 e. The van der Waals surface area contributed by atoms with Crippen LogP contribution in [0, 0.1) is 13.8 Å². The number of hydrogen-bond acceptors (Lipinski definition) is 2. The highest BCUT2D eigenvalue weighted by molar-refractivity contribution is 5.66. The maximum absolute atomic E-state index is 11.1. The third kappa shape index (κ3) is 1.68. The first kappa shape index (κ1) is 11.5. The highest BCUT2D eigenvalue weighted by atomic mass is 16.5. The molecule has 2 aliphatic rings. The lowest BCUT2D eigenvalue weighted by Crippen LogP contribution is -2.29. The minimum absolute atomic E-state index is 0.0230. The maximum Gasteiger partial charge on any atom is 0.407 e. The van der Waals surface area contributed by atoms with Gasteiger partial charge in [-0.25, -0.2) is 4.79 Å². The monoisotopic (exact) mass is 247 g/mol. The van der Waals surface area contributed by atoms with Crippen LogP contribution in [0.3, 0.4) is 0 Å². The Morgan fingerprint density at radius 3 is 2.89 bits per heavy atom. The van der Waals surface area contributed by atoms with Gasteiger partial charge < -0.3 is 14.7 Å². The van der Waals surface area contributed by atoms with Crippen LogP contribution in [0.2, 0.25) is 0 Å². The van der Waals surface area contributed by atoms with Gasteiger partial charge in [-0.15, -0.1) is 0 Å². The van der Waals surface area contributed by atoms with Crippen molar-refractivity contribution in [1.29, 1.82) is 0 Å². The lowest BCUT2D eigenvalue weighted by Gasteiger charge is -2.29. The lowest BCUT2D eigenvalue weighted by atomic mass is 9.86. The lowest BCUT2D eigenvalue weighted by molar-refractivity contribution is 0.0251. The normalized spacial score (nSPS) is 25.8. The first-order chi connectivity index (χ1) is 8.56. The van der Waals surface area contributed by atoms with Crippen molar-refractivity contribution in [1.82, 2.24) is 4.90 Å². The minimum atomic E-state index is -0.848. The molecule has 0 radical (unpaired) electrons. The maximum atomic E-state index is 11.1. The average Bonchev–Trinajstić information content (AvgIpc) is 2.72. The first-order valence-electron chi connectivity index (χ1n) is 6.25. The fourth-order valence-electron chi connectivity index (χ4n) is 3.15. The zero-order valence-electron chi connectivity index (χ0n) is 10.6. The number of amides is 1. The van der Waals surface area contributed by atoms with Crippen molar-refractivity contribution in [2.45, 2.75) is 32.5 Å². The van der Waals surface area contributed by atoms with E-state index in [1.54, 1.807) is 0 Å². The van der Waals surface area contributed by atoms with Crippen molar-refractivity contribution in [3.8, 4) is 0 Å². The van der Waals surface area contributed by atoms with Crippen molar-refractivity contribution in [2.75, 3.05) is 13.1 Å². The molecule has 2 atom stereocenters. The fraction of sp³-hybridized carbons (Fsp3) is 0.500. The molecule has 4 nitrogen and oxygen atoms in total. The van der Waals surface area contributed by atoms with Crippen molar-refractivity contribution in [2.24, 2.45) is 0 Å². The molecule has 1 aromatic rings. The van der Waals surface area contributed by atoms with Crippen molar-refractivity contribution in [3.63, 3.8) is 0 Å².